The van der Waals surface area contributed by atoms with E-state index in [4.69, 9.17) is 14.2 Å². The van der Waals surface area contributed by atoms with Gasteiger partial charge in [-0.05, 0) is 0 Å². The monoisotopic (exact) mass is 938 g/mol. The van der Waals surface area contributed by atoms with Crippen molar-refractivity contribution >= 4 is 62.4 Å². The van der Waals surface area contributed by atoms with Gasteiger partial charge in [0, 0.05) is 0 Å². The third kappa shape index (κ3) is 4.65. The van der Waals surface area contributed by atoms with Crippen LogP contribution in [0.2, 0.25) is 0 Å². The molecule has 9 aliphatic rings. The van der Waals surface area contributed by atoms with Gasteiger partial charge < -0.3 is 35.4 Å². The Morgan fingerprint density at radius 2 is 0.818 bits per heavy atom. The van der Waals surface area contributed by atoms with Crippen molar-refractivity contribution in [2.75, 3.05) is 13.2 Å². The summed E-state index contributed by atoms with van der Waals surface area (Å²) in [4.78, 5) is 16.7. The molecule has 37 nitrogen and oxygen atoms in total. The van der Waals surface area contributed by atoms with Crippen LogP contribution in [0.3, 0.4) is 0 Å². The van der Waals surface area contributed by atoms with Gasteiger partial charge in [0.05, 0.1) is 0 Å². The van der Waals surface area contributed by atoms with Gasteiger partial charge in [0.25, 0.3) is 11.6 Å². The summed E-state index contributed by atoms with van der Waals surface area (Å²) in [6, 6.07) is 0. The van der Waals surface area contributed by atoms with E-state index in [1.807, 2.05) is 0 Å². The Bertz CT molecular complexity index is 2450. The highest BCUT2D eigenvalue weighted by atomic mass is 32.3. The van der Waals surface area contributed by atoms with E-state index in [2.05, 4.69) is 70.4 Å². The second kappa shape index (κ2) is 10.5. The Kier molecular flexibility index (Phi) is 7.74. The molecule has 0 saturated carbocycles. The first-order valence-electron chi connectivity index (χ1n) is 12.6. The van der Waals surface area contributed by atoms with E-state index in [9.17, 15) is 81.1 Å². The van der Waals surface area contributed by atoms with Gasteiger partial charge >= 0.3 is 109 Å². The molecule has 0 aliphatic carbocycles. The average molecular weight is 939 g/mol. The molecule has 43 heteroatoms. The van der Waals surface area contributed by atoms with Crippen LogP contribution in [0.15, 0.2) is 0 Å². The molecule has 0 aromatic carbocycles. The van der Waals surface area contributed by atoms with E-state index in [1.54, 1.807) is 0 Å². The van der Waals surface area contributed by atoms with Crippen molar-refractivity contribution in [1.82, 2.24) is 0 Å². The fraction of sp³-hybridized carbons (Fsp3) is 1.00. The van der Waals surface area contributed by atoms with Crippen LogP contribution in [0.1, 0.15) is 0 Å². The standard InChI is InChI=1S/C12H10O37S6/c13-1-3-5(15,6(16)4(2-14,31-3)38-50(19,20)39-6)40-53(25,26)47-35-8-7(17)9(42-51(21,22)41-8)11(18,44-54(27,28)46-34-7)37-49-55(29,30)48-36-10(8)12(32-3,33-9)45-52(23,24)43-10/h13-18H,1-2H2/t3?,4-,5+,6-,7+,8-,9-,10+,11?,12+/m1/s1. The van der Waals surface area contributed by atoms with Gasteiger partial charge in [-0.2, -0.15) is 90.3 Å². The summed E-state index contributed by atoms with van der Waals surface area (Å²) in [6.45, 7) is -4.84. The summed E-state index contributed by atoms with van der Waals surface area (Å²) >= 11 is 0. The molecule has 9 saturated heterocycles. The maximum atomic E-state index is 13.3. The molecule has 9 heterocycles. The predicted octanol–water partition coefficient (Wildman–Crippen LogP) is -10.6. The van der Waals surface area contributed by atoms with Crippen LogP contribution in [-0.4, -0.2) is 153 Å². The van der Waals surface area contributed by atoms with Gasteiger partial charge in [-0.25, -0.2) is 8.37 Å². The summed E-state index contributed by atoms with van der Waals surface area (Å²) < 4.78 is 219. The van der Waals surface area contributed by atoms with E-state index in [-0.39, 0.29) is 0 Å². The zero-order chi connectivity index (χ0) is 40.8. The van der Waals surface area contributed by atoms with Crippen LogP contribution < -0.4 is 0 Å². The van der Waals surface area contributed by atoms with Gasteiger partial charge in [-0.3, -0.25) is 9.47 Å². The maximum absolute atomic E-state index is 13.3. The first-order valence-corrected chi connectivity index (χ1v) is 20.6. The summed E-state index contributed by atoms with van der Waals surface area (Å²) in [7, 11) is -39.1. The molecule has 2 unspecified atom stereocenters. The number of hydrogen-bond acceptors (Lipinski definition) is 37. The molecular formula is C12H10O37S6. The second-order valence-electron chi connectivity index (χ2n) is 10.8. The van der Waals surface area contributed by atoms with Crippen molar-refractivity contribution in [3.05, 3.63) is 0 Å². The number of aliphatic hydroxyl groups is 6. The van der Waals surface area contributed by atoms with E-state index < -0.39 is 134 Å². The molecule has 316 valence electrons. The quantitative estimate of drug-likeness (QED) is 0.140. The molecule has 0 aromatic rings. The van der Waals surface area contributed by atoms with Crippen molar-refractivity contribution < 1.29 is 166 Å². The lowest BCUT2D eigenvalue weighted by Gasteiger charge is -2.63. The predicted molar refractivity (Wildman–Crippen MR) is 124 cm³/mol. The Morgan fingerprint density at radius 3 is 1.45 bits per heavy atom. The zero-order valence-electron chi connectivity index (χ0n) is 24.2. The van der Waals surface area contributed by atoms with Crippen LogP contribution >= 0.6 is 0 Å². The van der Waals surface area contributed by atoms with Gasteiger partial charge in [0.15, 0.2) is 0 Å². The fourth-order valence-corrected chi connectivity index (χ4v) is 10.7. The number of rotatable bonds is 2. The SMILES string of the molecule is O=S1(=O)OOC2(O)OS(=O)(=O)OO[C@]3(O)[C@]24O[C@@]25OC6(CO)O[C@]7(CO)OS(=O)(=O)O[C@@]7(O)[C@@]6(O)OS(=O)(=O)OO[C@]3(OS(=O)(=O)O4)[C@]2(OO1)OS(=O)(=O)O5. The molecule has 10 atom stereocenters. The number of hydrogen-bond donors (Lipinski definition) is 6. The van der Waals surface area contributed by atoms with E-state index in [0.717, 1.165) is 0 Å². The third-order valence-corrected chi connectivity index (χ3v) is 12.1. The molecule has 55 heavy (non-hydrogen) atoms. The van der Waals surface area contributed by atoms with Crippen LogP contribution in [0.25, 0.3) is 0 Å². The lowest BCUT2D eigenvalue weighted by molar-refractivity contribution is -0.721. The van der Waals surface area contributed by atoms with Gasteiger partial charge in [-0.15, -0.1) is 4.89 Å². The molecule has 0 aromatic heterocycles. The average Bonchev–Trinajstić information content (AvgIpc) is 3.42. The van der Waals surface area contributed by atoms with E-state index >= 15 is 0 Å². The van der Waals surface area contributed by atoms with Gasteiger partial charge in [-0.1, -0.05) is 17.3 Å². The molecule has 6 N–H and O–H groups in total. The highest BCUT2D eigenvalue weighted by molar-refractivity contribution is 7.83. The summed E-state index contributed by atoms with van der Waals surface area (Å²) in [5, 5.41) is 67.4. The van der Waals surface area contributed by atoms with Crippen LogP contribution in [0.5, 0.6) is 0 Å². The van der Waals surface area contributed by atoms with Crippen molar-refractivity contribution in [1.29, 1.82) is 0 Å². The first-order chi connectivity index (χ1) is 24.7. The molecule has 9 fully saturated rings. The molecule has 3 spiro atoms. The largest absolute Gasteiger partial charge is 0.453 e. The minimum absolute atomic E-state index is 2.25. The molecule has 0 radical (unpaired) electrons. The Hall–Kier alpha value is -1.30. The van der Waals surface area contributed by atoms with Crippen molar-refractivity contribution in [2.24, 2.45) is 0 Å². The smallest absolute Gasteiger partial charge is 0.391 e. The summed E-state index contributed by atoms with van der Waals surface area (Å²) in [6.07, 6.45) is 0. The fourth-order valence-electron chi connectivity index (χ4n) is 5.74. The molecule has 0 amide bonds. The minimum atomic E-state index is -6.96. The Morgan fingerprint density at radius 1 is 0.364 bits per heavy atom. The lowest BCUT2D eigenvalue weighted by Crippen LogP contribution is -2.96. The maximum Gasteiger partial charge on any atom is 0.453 e. The molecular weight excluding hydrogens is 928 g/mol. The molecule has 9 rings (SSSR count). The Labute approximate surface area is 299 Å². The number of fused-ring (bicyclic) bond motifs is 7. The summed E-state index contributed by atoms with van der Waals surface area (Å²) in [5.74, 6) is -51.3. The minimum Gasteiger partial charge on any atom is -0.391 e. The zero-order valence-corrected chi connectivity index (χ0v) is 29.1. The summed E-state index contributed by atoms with van der Waals surface area (Å²) in [5.41, 5.74) is 0. The van der Waals surface area contributed by atoms with Gasteiger partial charge in [0.2, 0.25) is 0 Å². The Balaban J connectivity index is 1.56. The van der Waals surface area contributed by atoms with Crippen LogP contribution in [0.4, 0.5) is 0 Å². The van der Waals surface area contributed by atoms with Crippen molar-refractivity contribution in [2.45, 2.75) is 58.2 Å². The number of ether oxygens (including phenoxy) is 3. The van der Waals surface area contributed by atoms with Crippen LogP contribution in [0, 0.1) is 0 Å². The highest BCUT2D eigenvalue weighted by Crippen LogP contribution is 2.72. The first kappa shape index (κ1) is 40.5. The van der Waals surface area contributed by atoms with Gasteiger partial charge in [0.1, 0.15) is 13.2 Å². The van der Waals surface area contributed by atoms with Crippen molar-refractivity contribution in [3.63, 3.8) is 0 Å². The topological polar surface area (TPSA) is 502 Å². The van der Waals surface area contributed by atoms with E-state index in [1.165, 1.54) is 0 Å². The normalized spacial score (nSPS) is 54.9. The molecule has 6 bridgehead atoms. The highest BCUT2D eigenvalue weighted by Gasteiger charge is 3.06. The second-order valence-corrected chi connectivity index (χ2v) is 17.5. The molecule has 9 aliphatic heterocycles. The van der Waals surface area contributed by atoms with E-state index in [0.29, 0.717) is 0 Å². The number of aliphatic hydroxyl groups excluding tert-OH is 2. The lowest BCUT2D eigenvalue weighted by atomic mass is 9.82. The third-order valence-electron chi connectivity index (χ3n) is 7.66. The van der Waals surface area contributed by atoms with Crippen LogP contribution in [-0.2, 0) is 147 Å². The van der Waals surface area contributed by atoms with Crippen molar-refractivity contribution in [3.8, 4) is 0 Å².